The van der Waals surface area contributed by atoms with Gasteiger partial charge in [-0.05, 0) is 29.1 Å². The van der Waals surface area contributed by atoms with Crippen molar-refractivity contribution in [3.8, 4) is 0 Å². The highest BCUT2D eigenvalue weighted by Gasteiger charge is 2.21. The largest absolute Gasteiger partial charge is 0.468 e. The third-order valence-corrected chi connectivity index (χ3v) is 5.83. The average Bonchev–Trinajstić information content (AvgIpc) is 3.31. The van der Waals surface area contributed by atoms with Crippen LogP contribution in [0.3, 0.4) is 0 Å². The number of non-ortho nitro benzene ring substituents is 1. The van der Waals surface area contributed by atoms with Crippen LogP contribution in [0.2, 0.25) is 0 Å². The van der Waals surface area contributed by atoms with Crippen molar-refractivity contribution in [2.45, 2.75) is 17.4 Å². The zero-order valence-electron chi connectivity index (χ0n) is 13.2. The number of carbonyl (C=O) groups excluding carboxylic acids is 1. The summed E-state index contributed by atoms with van der Waals surface area (Å²) in [5.74, 6) is 1.44. The first-order valence-electron chi connectivity index (χ1n) is 7.58. The molecule has 0 fully saturated rings. The van der Waals surface area contributed by atoms with Gasteiger partial charge in [-0.3, -0.25) is 14.9 Å². The Hall–Kier alpha value is -2.38. The van der Waals surface area contributed by atoms with Gasteiger partial charge in [0.1, 0.15) is 5.76 Å². The Morgan fingerprint density at radius 1 is 1.24 bits per heavy atom. The number of nitrogens with zero attached hydrogens (tertiary/aromatic N) is 1. The summed E-state index contributed by atoms with van der Waals surface area (Å²) >= 11 is 2.95. The van der Waals surface area contributed by atoms with E-state index in [0.717, 1.165) is 11.3 Å². The molecule has 0 aliphatic rings. The molecular formula is C18H15NO4S2. The molecule has 0 bridgehead atoms. The van der Waals surface area contributed by atoms with Crippen LogP contribution in [0.15, 0.2) is 64.6 Å². The van der Waals surface area contributed by atoms with Gasteiger partial charge in [0.05, 0.1) is 21.8 Å². The molecule has 0 aliphatic carbocycles. The number of furan rings is 1. The van der Waals surface area contributed by atoms with E-state index in [-0.39, 0.29) is 23.1 Å². The zero-order chi connectivity index (χ0) is 17.6. The van der Waals surface area contributed by atoms with Crippen LogP contribution in [0.1, 0.15) is 32.7 Å². The smallest absolute Gasteiger partial charge is 0.269 e. The van der Waals surface area contributed by atoms with E-state index in [0.29, 0.717) is 10.6 Å². The van der Waals surface area contributed by atoms with E-state index < -0.39 is 4.92 Å². The number of hydrogen-bond acceptors (Lipinski definition) is 6. The van der Waals surface area contributed by atoms with Crippen molar-refractivity contribution in [2.75, 3.05) is 0 Å². The molecule has 5 nitrogen and oxygen atoms in total. The standard InChI is InChI=1S/C18H15NO4S2/c20-16(17-7-3-9-24-17)11-18(25-12-15-6-2-8-23-15)13-4-1-5-14(10-13)19(21)22/h1-10,18H,11-12H2/t18-/m0/s1. The van der Waals surface area contributed by atoms with Crippen molar-refractivity contribution in [1.82, 2.24) is 0 Å². The quantitative estimate of drug-likeness (QED) is 0.296. The molecule has 0 spiro atoms. The Morgan fingerprint density at radius 2 is 2.12 bits per heavy atom. The maximum atomic E-state index is 12.5. The first-order chi connectivity index (χ1) is 12.1. The molecule has 0 radical (unpaired) electrons. The zero-order valence-corrected chi connectivity index (χ0v) is 14.8. The first kappa shape index (κ1) is 17.4. The van der Waals surface area contributed by atoms with Crippen LogP contribution >= 0.6 is 23.1 Å². The Labute approximate surface area is 152 Å². The van der Waals surface area contributed by atoms with Crippen molar-refractivity contribution in [3.05, 3.63) is 86.5 Å². The Kier molecular flexibility index (Phi) is 5.67. The molecule has 1 aromatic carbocycles. The minimum atomic E-state index is -0.418. The van der Waals surface area contributed by atoms with Crippen LogP contribution in [0.4, 0.5) is 5.69 Å². The number of nitro groups is 1. The number of rotatable bonds is 8. The third kappa shape index (κ3) is 4.58. The molecule has 0 amide bonds. The minimum Gasteiger partial charge on any atom is -0.468 e. The first-order valence-corrected chi connectivity index (χ1v) is 9.51. The van der Waals surface area contributed by atoms with Gasteiger partial charge >= 0.3 is 0 Å². The van der Waals surface area contributed by atoms with Crippen LogP contribution in [-0.2, 0) is 5.75 Å². The summed E-state index contributed by atoms with van der Waals surface area (Å²) in [6.07, 6.45) is 1.89. The molecule has 3 aromatic rings. The van der Waals surface area contributed by atoms with Crippen molar-refractivity contribution >= 4 is 34.6 Å². The monoisotopic (exact) mass is 373 g/mol. The van der Waals surface area contributed by atoms with Gasteiger partial charge in [-0.1, -0.05) is 18.2 Å². The van der Waals surface area contributed by atoms with E-state index in [4.69, 9.17) is 4.42 Å². The van der Waals surface area contributed by atoms with Crippen LogP contribution in [-0.4, -0.2) is 10.7 Å². The lowest BCUT2D eigenvalue weighted by Gasteiger charge is -2.15. The van der Waals surface area contributed by atoms with Gasteiger partial charge in [-0.2, -0.15) is 0 Å². The molecular weight excluding hydrogens is 358 g/mol. The number of thioether (sulfide) groups is 1. The second-order valence-electron chi connectivity index (χ2n) is 5.34. The maximum Gasteiger partial charge on any atom is 0.269 e. The van der Waals surface area contributed by atoms with Crippen LogP contribution in [0, 0.1) is 10.1 Å². The lowest BCUT2D eigenvalue weighted by atomic mass is 10.1. The topological polar surface area (TPSA) is 73.3 Å². The lowest BCUT2D eigenvalue weighted by molar-refractivity contribution is -0.384. The Balaban J connectivity index is 1.81. The number of Topliss-reactive ketones (excluding diaryl/α,β-unsaturated/α-hetero) is 1. The maximum absolute atomic E-state index is 12.5. The summed E-state index contributed by atoms with van der Waals surface area (Å²) in [6.45, 7) is 0. The highest BCUT2D eigenvalue weighted by molar-refractivity contribution is 7.98. The van der Waals surface area contributed by atoms with Gasteiger partial charge < -0.3 is 4.42 Å². The van der Waals surface area contributed by atoms with Gasteiger partial charge in [-0.25, -0.2) is 0 Å². The van der Waals surface area contributed by atoms with E-state index in [1.807, 2.05) is 29.6 Å². The van der Waals surface area contributed by atoms with Gasteiger partial charge in [0.15, 0.2) is 5.78 Å². The predicted molar refractivity (Wildman–Crippen MR) is 99.1 cm³/mol. The molecule has 3 rings (SSSR count). The number of hydrogen-bond donors (Lipinski definition) is 0. The van der Waals surface area contributed by atoms with E-state index >= 15 is 0 Å². The Bertz CT molecular complexity index is 844. The molecule has 7 heteroatoms. The molecule has 2 aromatic heterocycles. The minimum absolute atomic E-state index is 0.0321. The molecule has 128 valence electrons. The molecule has 0 N–H and O–H groups in total. The van der Waals surface area contributed by atoms with Crippen molar-refractivity contribution < 1.29 is 14.1 Å². The summed E-state index contributed by atoms with van der Waals surface area (Å²) in [6, 6.07) is 13.8. The molecule has 1 atom stereocenters. The molecule has 25 heavy (non-hydrogen) atoms. The van der Waals surface area contributed by atoms with Crippen molar-refractivity contribution in [1.29, 1.82) is 0 Å². The number of nitro benzene ring substituents is 1. The Morgan fingerprint density at radius 3 is 2.80 bits per heavy atom. The molecule has 0 aliphatic heterocycles. The average molecular weight is 373 g/mol. The molecule has 0 unspecified atom stereocenters. The highest BCUT2D eigenvalue weighted by Crippen LogP contribution is 2.37. The molecule has 0 saturated carbocycles. The highest BCUT2D eigenvalue weighted by atomic mass is 32.2. The summed E-state index contributed by atoms with van der Waals surface area (Å²) in [5.41, 5.74) is 0.806. The van der Waals surface area contributed by atoms with Gasteiger partial charge in [0, 0.05) is 23.8 Å². The third-order valence-electron chi connectivity index (χ3n) is 3.63. The second kappa shape index (κ2) is 8.13. The van der Waals surface area contributed by atoms with Gasteiger partial charge in [-0.15, -0.1) is 23.1 Å². The lowest BCUT2D eigenvalue weighted by Crippen LogP contribution is -2.05. The van der Waals surface area contributed by atoms with Gasteiger partial charge in [0.2, 0.25) is 0 Å². The summed E-state index contributed by atoms with van der Waals surface area (Å²) in [4.78, 5) is 23.8. The normalized spacial score (nSPS) is 12.0. The number of thiophene rings is 1. The van der Waals surface area contributed by atoms with E-state index in [1.54, 1.807) is 36.2 Å². The number of carbonyl (C=O) groups is 1. The SMILES string of the molecule is O=C(C[C@H](SCc1ccco1)c1cccc([N+](=O)[O-])c1)c1cccs1. The fourth-order valence-electron chi connectivity index (χ4n) is 2.40. The predicted octanol–water partition coefficient (Wildman–Crippen LogP) is 5.50. The fraction of sp³-hybridized carbons (Fsp3) is 0.167. The van der Waals surface area contributed by atoms with Crippen molar-refractivity contribution in [3.63, 3.8) is 0 Å². The summed E-state index contributed by atoms with van der Waals surface area (Å²) < 4.78 is 5.35. The summed E-state index contributed by atoms with van der Waals surface area (Å²) in [7, 11) is 0. The van der Waals surface area contributed by atoms with E-state index in [2.05, 4.69) is 0 Å². The molecule has 2 heterocycles. The number of benzene rings is 1. The van der Waals surface area contributed by atoms with Crippen LogP contribution < -0.4 is 0 Å². The fourth-order valence-corrected chi connectivity index (χ4v) is 4.21. The van der Waals surface area contributed by atoms with E-state index in [1.165, 1.54) is 17.4 Å². The van der Waals surface area contributed by atoms with Crippen LogP contribution in [0.5, 0.6) is 0 Å². The summed E-state index contributed by atoms with van der Waals surface area (Å²) in [5, 5.41) is 12.7. The second-order valence-corrected chi connectivity index (χ2v) is 7.47. The molecule has 0 saturated heterocycles. The van der Waals surface area contributed by atoms with Crippen LogP contribution in [0.25, 0.3) is 0 Å². The van der Waals surface area contributed by atoms with Gasteiger partial charge in [0.25, 0.3) is 5.69 Å². The number of ketones is 1. The van der Waals surface area contributed by atoms with E-state index in [9.17, 15) is 14.9 Å². The van der Waals surface area contributed by atoms with Crippen molar-refractivity contribution in [2.24, 2.45) is 0 Å².